The van der Waals surface area contributed by atoms with E-state index in [-0.39, 0.29) is 42.5 Å². The van der Waals surface area contributed by atoms with Gasteiger partial charge in [-0.15, -0.1) is 0 Å². The van der Waals surface area contributed by atoms with E-state index in [1.807, 2.05) is 44.2 Å². The lowest BCUT2D eigenvalue weighted by Gasteiger charge is -2.31. The minimum absolute atomic E-state index is 0.0320. The average molecular weight is 731 g/mol. The summed E-state index contributed by atoms with van der Waals surface area (Å²) in [4.78, 5) is 13.2. The molecule has 0 spiro atoms. The van der Waals surface area contributed by atoms with Gasteiger partial charge in [-0.3, -0.25) is 0 Å². The zero-order chi connectivity index (χ0) is 35.8. The van der Waals surface area contributed by atoms with Crippen LogP contribution in [0.25, 0.3) is 0 Å². The summed E-state index contributed by atoms with van der Waals surface area (Å²) in [6.45, 7) is 5.59. The summed E-state index contributed by atoms with van der Waals surface area (Å²) in [7, 11) is -4.21. The van der Waals surface area contributed by atoms with Crippen molar-refractivity contribution < 1.29 is 46.7 Å². The highest BCUT2D eigenvalue weighted by molar-refractivity contribution is 7.89. The molecule has 4 aliphatic rings. The number of nitrogens with one attached hydrogen (secondary N) is 1. The highest BCUT2D eigenvalue weighted by atomic mass is 32.2. The van der Waals surface area contributed by atoms with Crippen molar-refractivity contribution in [2.24, 2.45) is 11.8 Å². The zero-order valence-electron chi connectivity index (χ0n) is 29.8. The Bertz CT molecular complexity index is 1460. The summed E-state index contributed by atoms with van der Waals surface area (Å²) in [5, 5.41) is 14.6. The third-order valence-corrected chi connectivity index (χ3v) is 11.8. The molecule has 282 valence electrons. The Kier molecular flexibility index (Phi) is 13.1. The minimum Gasteiger partial charge on any atom is -0.465 e. The number of alkyl carbamates (subject to hydrolysis) is 1. The molecule has 2 N–H and O–H groups in total. The first kappa shape index (κ1) is 37.8. The monoisotopic (exact) mass is 730 g/mol. The number of aliphatic hydroxyl groups is 1. The van der Waals surface area contributed by atoms with E-state index in [1.165, 1.54) is 16.4 Å². The number of nitrogens with zero attached hydrogens (tertiary/aromatic N) is 1. The number of ether oxygens (including phenoxy) is 6. The fourth-order valence-electron chi connectivity index (χ4n) is 7.41. The van der Waals surface area contributed by atoms with E-state index in [4.69, 9.17) is 28.4 Å². The van der Waals surface area contributed by atoms with Crippen molar-refractivity contribution in [1.82, 2.24) is 9.62 Å². The van der Waals surface area contributed by atoms with E-state index < -0.39 is 40.8 Å². The van der Waals surface area contributed by atoms with Crippen molar-refractivity contribution in [3.05, 3.63) is 54.1 Å². The number of benzene rings is 2. The second-order valence-electron chi connectivity index (χ2n) is 14.6. The van der Waals surface area contributed by atoms with Gasteiger partial charge in [0.2, 0.25) is 10.0 Å². The molecule has 1 saturated carbocycles. The van der Waals surface area contributed by atoms with Gasteiger partial charge in [-0.2, -0.15) is 4.31 Å². The number of rotatable bonds is 15. The first-order chi connectivity index (χ1) is 24.6. The Balaban J connectivity index is 1.22. The maximum absolute atomic E-state index is 14.5. The molecule has 13 heteroatoms. The van der Waals surface area contributed by atoms with Crippen LogP contribution in [0, 0.1) is 11.8 Å². The molecule has 7 atom stereocenters. The van der Waals surface area contributed by atoms with Gasteiger partial charge in [-0.1, -0.05) is 44.2 Å². The molecule has 4 unspecified atom stereocenters. The van der Waals surface area contributed by atoms with E-state index in [0.717, 1.165) is 50.7 Å². The van der Waals surface area contributed by atoms with Crippen LogP contribution in [0.1, 0.15) is 77.2 Å². The smallest absolute Gasteiger partial charge is 0.407 e. The van der Waals surface area contributed by atoms with Crippen molar-refractivity contribution in [3.63, 3.8) is 0 Å². The second kappa shape index (κ2) is 17.7. The standard InChI is InChI=1S/C38H54N2O10S/c1-26(2)24-40(25-34(41)33(18-27-10-4-3-5-11-27)39-38(42)50-29-19-28-14-17-45-35(28)23-29)51(43,44)32-21-30(48-36-12-6-8-15-46-36)20-31(22-32)49-37-13-7-9-16-47-37/h3-5,10-11,20-22,26,28-29,33-37,41H,6-9,12-19,23-25H2,1-2H3,(H,39,42)/t28?,29?,33-,34+,35+,36?,37?/m0/s1. The molecule has 6 rings (SSSR count). The largest absolute Gasteiger partial charge is 0.465 e. The third kappa shape index (κ3) is 10.6. The van der Waals surface area contributed by atoms with E-state index in [9.17, 15) is 18.3 Å². The fraction of sp³-hybridized carbons (Fsp3) is 0.658. The predicted molar refractivity (Wildman–Crippen MR) is 189 cm³/mol. The van der Waals surface area contributed by atoms with Crippen molar-refractivity contribution in [3.8, 4) is 11.5 Å². The highest BCUT2D eigenvalue weighted by Crippen LogP contribution is 2.37. The van der Waals surface area contributed by atoms with E-state index >= 15 is 0 Å². The van der Waals surface area contributed by atoms with Crippen LogP contribution in [0.15, 0.2) is 53.4 Å². The molecule has 0 aromatic heterocycles. The number of hydrogen-bond donors (Lipinski definition) is 2. The molecule has 3 heterocycles. The number of carbonyl (C=O) groups excluding carboxylic acids is 1. The normalized spacial score (nSPS) is 26.4. The van der Waals surface area contributed by atoms with Crippen LogP contribution in [0.2, 0.25) is 0 Å². The summed E-state index contributed by atoms with van der Waals surface area (Å²) in [5.74, 6) is 0.949. The van der Waals surface area contributed by atoms with Crippen molar-refractivity contribution in [2.45, 2.75) is 120 Å². The third-order valence-electron chi connectivity index (χ3n) is 10.0. The molecular weight excluding hydrogens is 676 g/mol. The van der Waals surface area contributed by atoms with Gasteiger partial charge in [0.1, 0.15) is 17.6 Å². The lowest BCUT2D eigenvalue weighted by atomic mass is 10.0. The number of amides is 1. The lowest BCUT2D eigenvalue weighted by molar-refractivity contribution is -0.109. The van der Waals surface area contributed by atoms with E-state index in [2.05, 4.69) is 5.32 Å². The van der Waals surface area contributed by atoms with Crippen LogP contribution in [0.4, 0.5) is 4.79 Å². The van der Waals surface area contributed by atoms with Crippen LogP contribution >= 0.6 is 0 Å². The molecule has 12 nitrogen and oxygen atoms in total. The van der Waals surface area contributed by atoms with Crippen LogP contribution < -0.4 is 14.8 Å². The molecule has 1 aliphatic carbocycles. The van der Waals surface area contributed by atoms with Gasteiger partial charge in [0.15, 0.2) is 12.6 Å². The fourth-order valence-corrected chi connectivity index (χ4v) is 9.08. The molecule has 1 amide bonds. The zero-order valence-corrected chi connectivity index (χ0v) is 30.6. The van der Waals surface area contributed by atoms with E-state index in [1.54, 1.807) is 6.07 Å². The first-order valence-corrected chi connectivity index (χ1v) is 20.1. The van der Waals surface area contributed by atoms with Gasteiger partial charge in [0.25, 0.3) is 0 Å². The molecule has 3 saturated heterocycles. The van der Waals surface area contributed by atoms with Gasteiger partial charge < -0.3 is 38.8 Å². The van der Waals surface area contributed by atoms with Crippen molar-refractivity contribution in [2.75, 3.05) is 32.9 Å². The molecule has 4 fully saturated rings. The molecule has 0 radical (unpaired) electrons. The molecule has 3 aliphatic heterocycles. The highest BCUT2D eigenvalue weighted by Gasteiger charge is 2.41. The Morgan fingerprint density at radius 1 is 0.882 bits per heavy atom. The topological polar surface area (TPSA) is 142 Å². The lowest BCUT2D eigenvalue weighted by Crippen LogP contribution is -2.51. The van der Waals surface area contributed by atoms with Crippen molar-refractivity contribution in [1.29, 1.82) is 0 Å². The van der Waals surface area contributed by atoms with Crippen molar-refractivity contribution >= 4 is 16.1 Å². The summed E-state index contributed by atoms with van der Waals surface area (Å²) in [6, 6.07) is 13.3. The predicted octanol–water partition coefficient (Wildman–Crippen LogP) is 5.41. The van der Waals surface area contributed by atoms with Crippen LogP contribution in [-0.2, 0) is 35.4 Å². The maximum Gasteiger partial charge on any atom is 0.407 e. The Morgan fingerprint density at radius 3 is 2.14 bits per heavy atom. The van der Waals surface area contributed by atoms with Gasteiger partial charge >= 0.3 is 6.09 Å². The number of carbonyl (C=O) groups is 1. The molecular formula is C38H54N2O10S. The van der Waals surface area contributed by atoms with Crippen LogP contribution in [0.5, 0.6) is 11.5 Å². The quantitative estimate of drug-likeness (QED) is 0.244. The Hall–Kier alpha value is -2.94. The van der Waals surface area contributed by atoms with Gasteiger partial charge in [0.05, 0.1) is 36.4 Å². The first-order valence-electron chi connectivity index (χ1n) is 18.6. The Labute approximate surface area is 302 Å². The summed E-state index contributed by atoms with van der Waals surface area (Å²) in [5.41, 5.74) is 0.880. The average Bonchev–Trinajstić information content (AvgIpc) is 3.71. The van der Waals surface area contributed by atoms with Gasteiger partial charge in [-0.05, 0) is 62.3 Å². The number of sulfonamides is 1. The molecule has 51 heavy (non-hydrogen) atoms. The SMILES string of the molecule is CC(C)CN(C[C@@H](O)[C@H](Cc1ccccc1)NC(=O)OC1CC2CCO[C@@H]2C1)S(=O)(=O)c1cc(OC2CCCCO2)cc(OC2CCCCO2)c1. The maximum atomic E-state index is 14.5. The van der Waals surface area contributed by atoms with Crippen LogP contribution in [0.3, 0.4) is 0 Å². The number of hydrogen-bond acceptors (Lipinski definition) is 10. The summed E-state index contributed by atoms with van der Waals surface area (Å²) < 4.78 is 65.8. The molecule has 0 bridgehead atoms. The number of fused-ring (bicyclic) bond motifs is 1. The summed E-state index contributed by atoms with van der Waals surface area (Å²) in [6.07, 6.45) is 4.77. The molecule has 2 aromatic rings. The molecule has 2 aromatic carbocycles. The van der Waals surface area contributed by atoms with Crippen LogP contribution in [-0.4, -0.2) is 93.8 Å². The number of aliphatic hydroxyl groups excluding tert-OH is 1. The van der Waals surface area contributed by atoms with Gasteiger partial charge in [-0.25, -0.2) is 13.2 Å². The minimum atomic E-state index is -4.21. The summed E-state index contributed by atoms with van der Waals surface area (Å²) >= 11 is 0. The van der Waals surface area contributed by atoms with Gasteiger partial charge in [0, 0.05) is 57.2 Å². The Morgan fingerprint density at radius 2 is 1.55 bits per heavy atom. The van der Waals surface area contributed by atoms with E-state index in [0.29, 0.717) is 49.9 Å². The second-order valence-corrected chi connectivity index (χ2v) is 16.6.